The number of nitrogens with one attached hydrogen (secondary N) is 1. The van der Waals surface area contributed by atoms with Crippen LogP contribution in [-0.4, -0.2) is 43.9 Å². The van der Waals surface area contributed by atoms with Crippen molar-refractivity contribution in [2.24, 2.45) is 0 Å². The Bertz CT molecular complexity index is 654. The third-order valence-corrected chi connectivity index (χ3v) is 4.04. The normalized spacial score (nSPS) is 11.8. The van der Waals surface area contributed by atoms with Gasteiger partial charge >= 0.3 is 5.97 Å². The van der Waals surface area contributed by atoms with Gasteiger partial charge in [-0.15, -0.1) is 0 Å². The van der Waals surface area contributed by atoms with Gasteiger partial charge in [-0.1, -0.05) is 0 Å². The highest BCUT2D eigenvalue weighted by molar-refractivity contribution is 7.07. The molecule has 0 spiro atoms. The van der Waals surface area contributed by atoms with Gasteiger partial charge in [-0.05, 0) is 46.7 Å². The summed E-state index contributed by atoms with van der Waals surface area (Å²) in [5, 5.41) is 15.6. The molecule has 0 bridgehead atoms. The van der Waals surface area contributed by atoms with E-state index >= 15 is 0 Å². The highest BCUT2D eigenvalue weighted by Gasteiger charge is 2.15. The summed E-state index contributed by atoms with van der Waals surface area (Å²) >= 11 is 1.54. The minimum absolute atomic E-state index is 0.0798. The summed E-state index contributed by atoms with van der Waals surface area (Å²) in [6.07, 6.45) is -0.318. The van der Waals surface area contributed by atoms with Crippen LogP contribution in [0.3, 0.4) is 0 Å². The maximum absolute atomic E-state index is 12.2. The topological polar surface area (TPSA) is 84.9 Å². The van der Waals surface area contributed by atoms with Gasteiger partial charge in [-0.2, -0.15) is 11.3 Å². The molecule has 0 aliphatic heterocycles. The van der Waals surface area contributed by atoms with Gasteiger partial charge in [0.25, 0.3) is 5.91 Å². The fourth-order valence-corrected chi connectivity index (χ4v) is 2.79. The molecule has 0 fully saturated rings. The number of benzene rings is 1. The van der Waals surface area contributed by atoms with Crippen LogP contribution in [0.25, 0.3) is 0 Å². The molecule has 2 N–H and O–H groups in total. The smallest absolute Gasteiger partial charge is 0.337 e. The van der Waals surface area contributed by atoms with E-state index in [0.717, 1.165) is 5.56 Å². The van der Waals surface area contributed by atoms with Crippen LogP contribution in [-0.2, 0) is 9.47 Å². The number of carbonyl (C=O) groups excluding carboxylic acids is 2. The first kappa shape index (κ1) is 18.1. The highest BCUT2D eigenvalue weighted by atomic mass is 32.1. The predicted octanol–water partition coefficient (Wildman–Crippen LogP) is 2.01. The zero-order valence-corrected chi connectivity index (χ0v) is 14.0. The standard InChI is InChI=1S/C17H19NO5S/c1-22-17(21)13-4-2-12(3-5-13)16(20)18-10-15(23-8-7-19)14-6-9-24-11-14/h2-6,9,11,15,19H,7-8,10H2,1H3,(H,18,20)/t15-/m1/s1. The Morgan fingerprint density at radius 2 is 1.92 bits per heavy atom. The van der Waals surface area contributed by atoms with E-state index < -0.39 is 5.97 Å². The summed E-state index contributed by atoms with van der Waals surface area (Å²) in [7, 11) is 1.31. The number of thiophene rings is 1. The van der Waals surface area contributed by atoms with Gasteiger partial charge in [0, 0.05) is 12.1 Å². The number of aliphatic hydroxyl groups excluding tert-OH is 1. The number of carbonyl (C=O) groups is 2. The molecule has 7 heteroatoms. The van der Waals surface area contributed by atoms with Gasteiger partial charge in [-0.25, -0.2) is 4.79 Å². The maximum atomic E-state index is 12.2. The molecular weight excluding hydrogens is 330 g/mol. The van der Waals surface area contributed by atoms with Gasteiger partial charge in [0.1, 0.15) is 6.10 Å². The summed E-state index contributed by atoms with van der Waals surface area (Å²) in [5.74, 6) is -0.712. The average molecular weight is 349 g/mol. The Morgan fingerprint density at radius 1 is 1.21 bits per heavy atom. The van der Waals surface area contributed by atoms with Gasteiger partial charge < -0.3 is 19.9 Å². The Balaban J connectivity index is 1.96. The molecule has 1 aromatic carbocycles. The van der Waals surface area contributed by atoms with Crippen molar-refractivity contribution in [2.45, 2.75) is 6.10 Å². The van der Waals surface area contributed by atoms with E-state index in [1.54, 1.807) is 24.3 Å². The highest BCUT2D eigenvalue weighted by Crippen LogP contribution is 2.19. The molecule has 1 atom stereocenters. The molecule has 0 saturated carbocycles. The third-order valence-electron chi connectivity index (χ3n) is 3.34. The molecule has 0 aliphatic carbocycles. The molecule has 24 heavy (non-hydrogen) atoms. The monoisotopic (exact) mass is 349 g/mol. The van der Waals surface area contributed by atoms with Crippen molar-refractivity contribution in [1.82, 2.24) is 5.32 Å². The molecule has 6 nitrogen and oxygen atoms in total. The number of aliphatic hydroxyl groups is 1. The summed E-state index contributed by atoms with van der Waals surface area (Å²) in [6, 6.07) is 8.13. The number of hydrogen-bond donors (Lipinski definition) is 2. The molecule has 2 aromatic rings. The second-order valence-corrected chi connectivity index (χ2v) is 5.70. The first-order chi connectivity index (χ1) is 11.7. The van der Waals surface area contributed by atoms with E-state index in [1.807, 2.05) is 16.8 Å². The lowest BCUT2D eigenvalue weighted by Gasteiger charge is -2.17. The number of esters is 1. The lowest BCUT2D eigenvalue weighted by atomic mass is 10.1. The van der Waals surface area contributed by atoms with E-state index in [-0.39, 0.29) is 31.8 Å². The van der Waals surface area contributed by atoms with Crippen LogP contribution in [0.5, 0.6) is 0 Å². The number of amides is 1. The van der Waals surface area contributed by atoms with Crippen molar-refractivity contribution in [2.75, 3.05) is 26.9 Å². The van der Waals surface area contributed by atoms with Crippen LogP contribution in [0.15, 0.2) is 41.1 Å². The number of hydrogen-bond acceptors (Lipinski definition) is 6. The SMILES string of the molecule is COC(=O)c1ccc(C(=O)NC[C@@H](OCCO)c2ccsc2)cc1. The average Bonchev–Trinajstić information content (AvgIpc) is 3.15. The van der Waals surface area contributed by atoms with E-state index in [1.165, 1.54) is 18.4 Å². The summed E-state index contributed by atoms with van der Waals surface area (Å²) in [4.78, 5) is 23.6. The second kappa shape index (κ2) is 9.17. The molecule has 0 aliphatic rings. The van der Waals surface area contributed by atoms with Gasteiger partial charge in [0.15, 0.2) is 0 Å². The molecule has 1 aromatic heterocycles. The molecule has 0 unspecified atom stereocenters. The summed E-state index contributed by atoms with van der Waals surface area (Å²) in [6.45, 7) is 0.405. The molecular formula is C17H19NO5S. The number of ether oxygens (including phenoxy) is 2. The first-order valence-electron chi connectivity index (χ1n) is 7.37. The van der Waals surface area contributed by atoms with Crippen molar-refractivity contribution in [1.29, 1.82) is 0 Å². The van der Waals surface area contributed by atoms with Gasteiger partial charge in [0.05, 0.1) is 25.9 Å². The van der Waals surface area contributed by atoms with Gasteiger partial charge in [-0.3, -0.25) is 4.79 Å². The molecule has 1 heterocycles. The Hall–Kier alpha value is -2.22. The van der Waals surface area contributed by atoms with E-state index in [4.69, 9.17) is 9.84 Å². The largest absolute Gasteiger partial charge is 0.465 e. The molecule has 1 amide bonds. The zero-order valence-electron chi connectivity index (χ0n) is 13.2. The summed E-state index contributed by atoms with van der Waals surface area (Å²) < 4.78 is 10.2. The first-order valence-corrected chi connectivity index (χ1v) is 8.31. The zero-order chi connectivity index (χ0) is 17.4. The minimum atomic E-state index is -0.447. The molecule has 0 radical (unpaired) electrons. The van der Waals surface area contributed by atoms with Crippen LogP contribution in [0.4, 0.5) is 0 Å². The third kappa shape index (κ3) is 4.89. The fraction of sp³-hybridized carbons (Fsp3) is 0.294. The summed E-state index contributed by atoms with van der Waals surface area (Å²) in [5.41, 5.74) is 1.78. The molecule has 2 rings (SSSR count). The van der Waals surface area contributed by atoms with Gasteiger partial charge in [0.2, 0.25) is 0 Å². The fourth-order valence-electron chi connectivity index (χ4n) is 2.09. The van der Waals surface area contributed by atoms with Crippen molar-refractivity contribution < 1.29 is 24.2 Å². The minimum Gasteiger partial charge on any atom is -0.465 e. The Labute approximate surface area is 144 Å². The van der Waals surface area contributed by atoms with E-state index in [2.05, 4.69) is 10.1 Å². The lowest BCUT2D eigenvalue weighted by Crippen LogP contribution is -2.29. The van der Waals surface area contributed by atoms with Crippen LogP contribution < -0.4 is 5.32 Å². The van der Waals surface area contributed by atoms with E-state index in [9.17, 15) is 9.59 Å². The number of methoxy groups -OCH3 is 1. The molecule has 128 valence electrons. The van der Waals surface area contributed by atoms with Crippen molar-refractivity contribution in [3.8, 4) is 0 Å². The second-order valence-electron chi connectivity index (χ2n) is 4.92. The number of rotatable bonds is 8. The maximum Gasteiger partial charge on any atom is 0.337 e. The van der Waals surface area contributed by atoms with Crippen LogP contribution in [0.1, 0.15) is 32.4 Å². The van der Waals surface area contributed by atoms with Crippen molar-refractivity contribution in [3.05, 3.63) is 57.8 Å². The quantitative estimate of drug-likeness (QED) is 0.712. The van der Waals surface area contributed by atoms with Crippen molar-refractivity contribution >= 4 is 23.2 Å². The van der Waals surface area contributed by atoms with Crippen LogP contribution >= 0.6 is 11.3 Å². The lowest BCUT2D eigenvalue weighted by molar-refractivity contribution is 0.0279. The van der Waals surface area contributed by atoms with Crippen molar-refractivity contribution in [3.63, 3.8) is 0 Å². The molecule has 0 saturated heterocycles. The Kier molecular flexibility index (Phi) is 6.92. The Morgan fingerprint density at radius 3 is 2.50 bits per heavy atom. The van der Waals surface area contributed by atoms with Crippen LogP contribution in [0.2, 0.25) is 0 Å². The predicted molar refractivity (Wildman–Crippen MR) is 90.2 cm³/mol. The van der Waals surface area contributed by atoms with E-state index in [0.29, 0.717) is 11.1 Å². The van der Waals surface area contributed by atoms with Crippen LogP contribution in [0, 0.1) is 0 Å².